The van der Waals surface area contributed by atoms with Crippen molar-refractivity contribution in [3.05, 3.63) is 12.7 Å². The Labute approximate surface area is 90.8 Å². The monoisotopic (exact) mass is 196 g/mol. The van der Waals surface area contributed by atoms with Gasteiger partial charge < -0.3 is 0 Å². The summed E-state index contributed by atoms with van der Waals surface area (Å²) in [6.45, 7) is 8.43. The highest BCUT2D eigenvalue weighted by molar-refractivity contribution is 4.66. The average molecular weight is 196 g/mol. The maximum absolute atomic E-state index is 3.75. The molecule has 0 saturated carbocycles. The standard InChI is InChI=1S/C14H28/c1-4-6-8-10-12-14(3)13-11-9-7-5-2/h4,14H,1,5-13H2,2-3H3/t14-/m0/s1. The summed E-state index contributed by atoms with van der Waals surface area (Å²) >= 11 is 0. The highest BCUT2D eigenvalue weighted by atomic mass is 14.1. The van der Waals surface area contributed by atoms with Crippen molar-refractivity contribution < 1.29 is 0 Å². The minimum absolute atomic E-state index is 0.941. The van der Waals surface area contributed by atoms with E-state index < -0.39 is 0 Å². The molecule has 14 heavy (non-hydrogen) atoms. The van der Waals surface area contributed by atoms with Gasteiger partial charge in [-0.15, -0.1) is 6.58 Å². The van der Waals surface area contributed by atoms with Crippen LogP contribution in [0.1, 0.15) is 71.6 Å². The van der Waals surface area contributed by atoms with E-state index in [0.717, 1.165) is 5.92 Å². The van der Waals surface area contributed by atoms with Gasteiger partial charge in [0.1, 0.15) is 0 Å². The largest absolute Gasteiger partial charge is 0.103 e. The summed E-state index contributed by atoms with van der Waals surface area (Å²) in [5.74, 6) is 0.941. The van der Waals surface area contributed by atoms with E-state index in [4.69, 9.17) is 0 Å². The van der Waals surface area contributed by atoms with Crippen LogP contribution in [-0.2, 0) is 0 Å². The topological polar surface area (TPSA) is 0 Å². The first-order valence-corrected chi connectivity index (χ1v) is 6.42. The van der Waals surface area contributed by atoms with E-state index in [1.54, 1.807) is 0 Å². The Morgan fingerprint density at radius 1 is 1.00 bits per heavy atom. The van der Waals surface area contributed by atoms with Crippen LogP contribution in [0.4, 0.5) is 0 Å². The predicted octanol–water partition coefficient (Wildman–Crippen LogP) is 5.34. The van der Waals surface area contributed by atoms with Crippen molar-refractivity contribution in [1.29, 1.82) is 0 Å². The maximum atomic E-state index is 3.75. The predicted molar refractivity (Wildman–Crippen MR) is 66.6 cm³/mol. The van der Waals surface area contributed by atoms with Gasteiger partial charge in [0.25, 0.3) is 0 Å². The highest BCUT2D eigenvalue weighted by Crippen LogP contribution is 2.16. The van der Waals surface area contributed by atoms with Crippen LogP contribution < -0.4 is 0 Å². The lowest BCUT2D eigenvalue weighted by molar-refractivity contribution is 0.441. The molecular formula is C14H28. The van der Waals surface area contributed by atoms with Gasteiger partial charge in [-0.3, -0.25) is 0 Å². The van der Waals surface area contributed by atoms with Crippen molar-refractivity contribution in [2.45, 2.75) is 71.6 Å². The fourth-order valence-corrected chi connectivity index (χ4v) is 1.85. The molecule has 0 aliphatic heterocycles. The van der Waals surface area contributed by atoms with Crippen molar-refractivity contribution in [3.8, 4) is 0 Å². The minimum Gasteiger partial charge on any atom is -0.103 e. The van der Waals surface area contributed by atoms with Crippen LogP contribution in [0, 0.1) is 5.92 Å². The van der Waals surface area contributed by atoms with Crippen LogP contribution >= 0.6 is 0 Å². The molecule has 0 fully saturated rings. The molecule has 0 N–H and O–H groups in total. The molecule has 0 unspecified atom stereocenters. The highest BCUT2D eigenvalue weighted by Gasteiger charge is 2.00. The quantitative estimate of drug-likeness (QED) is 0.327. The van der Waals surface area contributed by atoms with Gasteiger partial charge in [0, 0.05) is 0 Å². The van der Waals surface area contributed by atoms with E-state index in [0.29, 0.717) is 0 Å². The molecule has 0 bridgehead atoms. The number of unbranched alkanes of at least 4 members (excludes halogenated alkanes) is 5. The lowest BCUT2D eigenvalue weighted by Gasteiger charge is -2.10. The molecule has 0 heteroatoms. The second kappa shape index (κ2) is 10.8. The van der Waals surface area contributed by atoms with Crippen LogP contribution in [0.2, 0.25) is 0 Å². The Morgan fingerprint density at radius 3 is 2.21 bits per heavy atom. The number of hydrogen-bond acceptors (Lipinski definition) is 0. The normalized spacial score (nSPS) is 12.7. The van der Waals surface area contributed by atoms with Crippen molar-refractivity contribution in [1.82, 2.24) is 0 Å². The molecule has 0 spiro atoms. The van der Waals surface area contributed by atoms with E-state index in [1.165, 1.54) is 57.8 Å². The molecule has 1 atom stereocenters. The molecule has 0 aromatic carbocycles. The third kappa shape index (κ3) is 9.83. The molecule has 0 heterocycles. The smallest absolute Gasteiger partial charge is 0.0353 e. The number of hydrogen-bond donors (Lipinski definition) is 0. The summed E-state index contributed by atoms with van der Waals surface area (Å²) in [5, 5.41) is 0. The first kappa shape index (κ1) is 13.7. The molecule has 0 saturated heterocycles. The summed E-state index contributed by atoms with van der Waals surface area (Å²) < 4.78 is 0. The molecule has 0 aromatic heterocycles. The summed E-state index contributed by atoms with van der Waals surface area (Å²) in [6.07, 6.45) is 14.5. The molecule has 0 nitrogen and oxygen atoms in total. The summed E-state index contributed by atoms with van der Waals surface area (Å²) in [5.41, 5.74) is 0. The van der Waals surface area contributed by atoms with Gasteiger partial charge in [-0.2, -0.15) is 0 Å². The molecule has 0 aliphatic rings. The van der Waals surface area contributed by atoms with Gasteiger partial charge in [0.15, 0.2) is 0 Å². The molecule has 0 radical (unpaired) electrons. The van der Waals surface area contributed by atoms with Crippen LogP contribution in [0.5, 0.6) is 0 Å². The molecule has 84 valence electrons. The summed E-state index contributed by atoms with van der Waals surface area (Å²) in [4.78, 5) is 0. The van der Waals surface area contributed by atoms with E-state index in [9.17, 15) is 0 Å². The lowest BCUT2D eigenvalue weighted by atomic mass is 9.97. The zero-order chi connectivity index (χ0) is 10.6. The molecule has 0 amide bonds. The third-order valence-electron chi connectivity index (χ3n) is 2.91. The average Bonchev–Trinajstić information content (AvgIpc) is 2.19. The fraction of sp³-hybridized carbons (Fsp3) is 0.857. The summed E-state index contributed by atoms with van der Waals surface area (Å²) in [7, 11) is 0. The third-order valence-corrected chi connectivity index (χ3v) is 2.91. The van der Waals surface area contributed by atoms with Gasteiger partial charge in [0.2, 0.25) is 0 Å². The fourth-order valence-electron chi connectivity index (χ4n) is 1.85. The van der Waals surface area contributed by atoms with Crippen molar-refractivity contribution in [2.75, 3.05) is 0 Å². The van der Waals surface area contributed by atoms with Crippen LogP contribution in [0.3, 0.4) is 0 Å². The van der Waals surface area contributed by atoms with E-state index in [2.05, 4.69) is 20.4 Å². The van der Waals surface area contributed by atoms with Gasteiger partial charge >= 0.3 is 0 Å². The van der Waals surface area contributed by atoms with E-state index in [-0.39, 0.29) is 0 Å². The zero-order valence-electron chi connectivity index (χ0n) is 10.2. The lowest BCUT2D eigenvalue weighted by Crippen LogP contribution is -1.94. The number of allylic oxidation sites excluding steroid dienone is 1. The van der Waals surface area contributed by atoms with Gasteiger partial charge in [-0.25, -0.2) is 0 Å². The van der Waals surface area contributed by atoms with Crippen LogP contribution in [0.15, 0.2) is 12.7 Å². The van der Waals surface area contributed by atoms with Crippen molar-refractivity contribution in [2.24, 2.45) is 5.92 Å². The van der Waals surface area contributed by atoms with Gasteiger partial charge in [-0.1, -0.05) is 64.9 Å². The van der Waals surface area contributed by atoms with Gasteiger partial charge in [-0.05, 0) is 18.8 Å². The first-order chi connectivity index (χ1) is 6.81. The SMILES string of the molecule is C=CCCCC[C@H](C)CCCCCC. The first-order valence-electron chi connectivity index (χ1n) is 6.42. The zero-order valence-corrected chi connectivity index (χ0v) is 10.2. The van der Waals surface area contributed by atoms with E-state index >= 15 is 0 Å². The number of rotatable bonds is 10. The Morgan fingerprint density at radius 2 is 1.64 bits per heavy atom. The molecule has 0 aliphatic carbocycles. The second-order valence-corrected chi connectivity index (χ2v) is 4.53. The van der Waals surface area contributed by atoms with Gasteiger partial charge in [0.05, 0.1) is 0 Å². The molecule has 0 rings (SSSR count). The maximum Gasteiger partial charge on any atom is -0.0353 e. The summed E-state index contributed by atoms with van der Waals surface area (Å²) in [6, 6.07) is 0. The molecule has 0 aromatic rings. The second-order valence-electron chi connectivity index (χ2n) is 4.53. The van der Waals surface area contributed by atoms with Crippen molar-refractivity contribution >= 4 is 0 Å². The minimum atomic E-state index is 0.941. The van der Waals surface area contributed by atoms with E-state index in [1.807, 2.05) is 6.08 Å². The van der Waals surface area contributed by atoms with Crippen LogP contribution in [-0.4, -0.2) is 0 Å². The Bertz CT molecular complexity index is 115. The molecular weight excluding hydrogens is 168 g/mol. The Hall–Kier alpha value is -0.260. The van der Waals surface area contributed by atoms with Crippen molar-refractivity contribution in [3.63, 3.8) is 0 Å². The Kier molecular flexibility index (Phi) is 10.6. The Balaban J connectivity index is 3.10. The van der Waals surface area contributed by atoms with Crippen LogP contribution in [0.25, 0.3) is 0 Å².